The number of allylic oxidation sites excluding steroid dienone is 2. The van der Waals surface area contributed by atoms with Crippen LogP contribution in [-0.2, 0) is 9.53 Å². The Kier molecular flexibility index (Phi) is 3.85. The zero-order valence-corrected chi connectivity index (χ0v) is 10.5. The summed E-state index contributed by atoms with van der Waals surface area (Å²) in [6.45, 7) is 1.96. The fourth-order valence-electron chi connectivity index (χ4n) is 1.90. The van der Waals surface area contributed by atoms with Crippen LogP contribution in [0.5, 0.6) is 0 Å². The van der Waals surface area contributed by atoms with E-state index < -0.39 is 0 Å². The molecule has 0 saturated heterocycles. The minimum Gasteiger partial charge on any atom is -0.489 e. The fourth-order valence-corrected chi connectivity index (χ4v) is 2.13. The second-order valence-corrected chi connectivity index (χ2v) is 4.56. The smallest absolute Gasteiger partial charge is 0.177 e. The van der Waals surface area contributed by atoms with Gasteiger partial charge in [0.25, 0.3) is 0 Å². The standard InChI is InChI=1S/C14H15ClO2/c1-10(11-6-3-2-4-7-11)17-13-9-5-8-12(16)14(13)15/h2-4,6-7,10H,5,8-9H2,1H3. The summed E-state index contributed by atoms with van der Waals surface area (Å²) in [6, 6.07) is 9.91. The van der Waals surface area contributed by atoms with Crippen molar-refractivity contribution in [1.29, 1.82) is 0 Å². The molecule has 0 spiro atoms. The molecule has 0 N–H and O–H groups in total. The van der Waals surface area contributed by atoms with Crippen LogP contribution >= 0.6 is 11.6 Å². The molecule has 1 aliphatic carbocycles. The van der Waals surface area contributed by atoms with E-state index in [0.29, 0.717) is 12.2 Å². The highest BCUT2D eigenvalue weighted by Crippen LogP contribution is 2.30. The van der Waals surface area contributed by atoms with Crippen LogP contribution in [0.2, 0.25) is 0 Å². The number of rotatable bonds is 3. The molecule has 0 aromatic heterocycles. The predicted molar refractivity (Wildman–Crippen MR) is 67.7 cm³/mol. The van der Waals surface area contributed by atoms with E-state index in [1.54, 1.807) is 0 Å². The average molecular weight is 251 g/mol. The van der Waals surface area contributed by atoms with Crippen LogP contribution in [0.3, 0.4) is 0 Å². The lowest BCUT2D eigenvalue weighted by atomic mass is 10.0. The van der Waals surface area contributed by atoms with Gasteiger partial charge in [-0.2, -0.15) is 0 Å². The van der Waals surface area contributed by atoms with Crippen molar-refractivity contribution in [2.24, 2.45) is 0 Å². The first-order valence-corrected chi connectivity index (χ1v) is 6.19. The van der Waals surface area contributed by atoms with Gasteiger partial charge in [-0.3, -0.25) is 4.79 Å². The molecule has 1 aromatic carbocycles. The van der Waals surface area contributed by atoms with E-state index in [1.807, 2.05) is 37.3 Å². The Morgan fingerprint density at radius 2 is 1.94 bits per heavy atom. The molecule has 0 heterocycles. The molecule has 17 heavy (non-hydrogen) atoms. The van der Waals surface area contributed by atoms with Crippen molar-refractivity contribution in [3.63, 3.8) is 0 Å². The van der Waals surface area contributed by atoms with Crippen LogP contribution < -0.4 is 0 Å². The number of ether oxygens (including phenoxy) is 1. The van der Waals surface area contributed by atoms with Crippen molar-refractivity contribution in [2.45, 2.75) is 32.3 Å². The SMILES string of the molecule is CC(OC1=C(Cl)C(=O)CCC1)c1ccccc1. The van der Waals surface area contributed by atoms with E-state index in [9.17, 15) is 4.79 Å². The first-order chi connectivity index (χ1) is 8.18. The highest BCUT2D eigenvalue weighted by Gasteiger charge is 2.21. The molecule has 3 heteroatoms. The van der Waals surface area contributed by atoms with E-state index >= 15 is 0 Å². The molecular formula is C14H15ClO2. The molecule has 0 aliphatic heterocycles. The van der Waals surface area contributed by atoms with Crippen LogP contribution in [0, 0.1) is 0 Å². The maximum Gasteiger partial charge on any atom is 0.177 e. The summed E-state index contributed by atoms with van der Waals surface area (Å²) in [7, 11) is 0. The number of Topliss-reactive ketones (excluding diaryl/α,β-unsaturated/α-hetero) is 1. The number of hydrogen-bond acceptors (Lipinski definition) is 2. The summed E-state index contributed by atoms with van der Waals surface area (Å²) in [6.07, 6.45) is 2.03. The van der Waals surface area contributed by atoms with Gasteiger partial charge >= 0.3 is 0 Å². The number of hydrogen-bond donors (Lipinski definition) is 0. The Bertz CT molecular complexity index is 437. The van der Waals surface area contributed by atoms with Gasteiger partial charge in [0.15, 0.2) is 5.78 Å². The van der Waals surface area contributed by atoms with Crippen LogP contribution in [0.15, 0.2) is 41.1 Å². The molecule has 0 bridgehead atoms. The van der Waals surface area contributed by atoms with Crippen LogP contribution in [0.1, 0.15) is 37.9 Å². The predicted octanol–water partition coefficient (Wildman–Crippen LogP) is 3.97. The second kappa shape index (κ2) is 5.37. The van der Waals surface area contributed by atoms with Crippen molar-refractivity contribution < 1.29 is 9.53 Å². The topological polar surface area (TPSA) is 26.3 Å². The molecule has 0 fully saturated rings. The monoisotopic (exact) mass is 250 g/mol. The summed E-state index contributed by atoms with van der Waals surface area (Å²) < 4.78 is 5.79. The first kappa shape index (κ1) is 12.2. The lowest BCUT2D eigenvalue weighted by molar-refractivity contribution is -0.115. The summed E-state index contributed by atoms with van der Waals surface area (Å²) in [5.74, 6) is 0.632. The molecule has 1 unspecified atom stereocenters. The highest BCUT2D eigenvalue weighted by atomic mass is 35.5. The van der Waals surface area contributed by atoms with Crippen molar-refractivity contribution in [2.75, 3.05) is 0 Å². The third-order valence-electron chi connectivity index (χ3n) is 2.89. The molecular weight excluding hydrogens is 236 g/mol. The van der Waals surface area contributed by atoms with Crippen LogP contribution in [0.4, 0.5) is 0 Å². The summed E-state index contributed by atoms with van der Waals surface area (Å²) in [5.41, 5.74) is 1.09. The molecule has 1 aromatic rings. The molecule has 0 radical (unpaired) electrons. The van der Waals surface area contributed by atoms with Crippen molar-refractivity contribution in [3.8, 4) is 0 Å². The van der Waals surface area contributed by atoms with E-state index in [1.165, 1.54) is 0 Å². The Balaban J connectivity index is 2.11. The van der Waals surface area contributed by atoms with Gasteiger partial charge in [-0.25, -0.2) is 0 Å². The van der Waals surface area contributed by atoms with E-state index in [2.05, 4.69) is 0 Å². The number of benzene rings is 1. The molecule has 1 aliphatic rings. The summed E-state index contributed by atoms with van der Waals surface area (Å²) in [4.78, 5) is 11.5. The van der Waals surface area contributed by atoms with E-state index in [-0.39, 0.29) is 16.9 Å². The largest absolute Gasteiger partial charge is 0.489 e. The molecule has 90 valence electrons. The van der Waals surface area contributed by atoms with Gasteiger partial charge in [0.1, 0.15) is 16.9 Å². The summed E-state index contributed by atoms with van der Waals surface area (Å²) in [5, 5.41) is 0.277. The minimum atomic E-state index is -0.0779. The quantitative estimate of drug-likeness (QED) is 0.812. The van der Waals surface area contributed by atoms with Gasteiger partial charge < -0.3 is 4.74 Å². The molecule has 0 amide bonds. The minimum absolute atomic E-state index is 0.00632. The van der Waals surface area contributed by atoms with Gasteiger partial charge in [0, 0.05) is 12.8 Å². The second-order valence-electron chi connectivity index (χ2n) is 4.18. The Hall–Kier alpha value is -1.28. The van der Waals surface area contributed by atoms with Gasteiger partial charge in [0.05, 0.1) is 0 Å². The number of ketones is 1. The number of carbonyl (C=O) groups is 1. The zero-order valence-electron chi connectivity index (χ0n) is 9.78. The molecule has 0 saturated carbocycles. The average Bonchev–Trinajstić information content (AvgIpc) is 2.36. The number of halogens is 1. The molecule has 2 rings (SSSR count). The maximum atomic E-state index is 11.5. The normalized spacial score (nSPS) is 18.1. The molecule has 2 nitrogen and oxygen atoms in total. The Labute approximate surface area is 106 Å². The maximum absolute atomic E-state index is 11.5. The van der Waals surface area contributed by atoms with Gasteiger partial charge in [-0.1, -0.05) is 41.9 Å². The van der Waals surface area contributed by atoms with Crippen LogP contribution in [0.25, 0.3) is 0 Å². The Morgan fingerprint density at radius 3 is 2.65 bits per heavy atom. The van der Waals surface area contributed by atoms with Gasteiger partial charge in [-0.05, 0) is 18.9 Å². The van der Waals surface area contributed by atoms with Crippen molar-refractivity contribution in [1.82, 2.24) is 0 Å². The van der Waals surface area contributed by atoms with Crippen LogP contribution in [-0.4, -0.2) is 5.78 Å². The zero-order chi connectivity index (χ0) is 12.3. The van der Waals surface area contributed by atoms with Gasteiger partial charge in [0.2, 0.25) is 0 Å². The third kappa shape index (κ3) is 2.89. The molecule has 1 atom stereocenters. The lowest BCUT2D eigenvalue weighted by Gasteiger charge is -2.21. The third-order valence-corrected chi connectivity index (χ3v) is 3.31. The number of carbonyl (C=O) groups excluding carboxylic acids is 1. The Morgan fingerprint density at radius 1 is 1.24 bits per heavy atom. The van der Waals surface area contributed by atoms with Crippen molar-refractivity contribution >= 4 is 17.4 Å². The fraction of sp³-hybridized carbons (Fsp3) is 0.357. The highest BCUT2D eigenvalue weighted by molar-refractivity contribution is 6.42. The van der Waals surface area contributed by atoms with E-state index in [0.717, 1.165) is 18.4 Å². The first-order valence-electron chi connectivity index (χ1n) is 5.82. The van der Waals surface area contributed by atoms with E-state index in [4.69, 9.17) is 16.3 Å². The van der Waals surface area contributed by atoms with Crippen molar-refractivity contribution in [3.05, 3.63) is 46.7 Å². The lowest BCUT2D eigenvalue weighted by Crippen LogP contribution is -2.11. The van der Waals surface area contributed by atoms with Gasteiger partial charge in [-0.15, -0.1) is 0 Å². The summed E-state index contributed by atoms with van der Waals surface area (Å²) >= 11 is 5.97.